The van der Waals surface area contributed by atoms with E-state index in [0.717, 1.165) is 10.9 Å². The number of carboxylic acid groups (broad SMARTS) is 1. The number of halogens is 1. The third-order valence-electron chi connectivity index (χ3n) is 3.42. The van der Waals surface area contributed by atoms with Crippen molar-refractivity contribution in [2.75, 3.05) is 18.8 Å². The molecule has 0 aliphatic carbocycles. The zero-order valence-corrected chi connectivity index (χ0v) is 13.2. The van der Waals surface area contributed by atoms with Gasteiger partial charge in [0.15, 0.2) is 9.84 Å². The first-order valence-corrected chi connectivity index (χ1v) is 8.79. The second-order valence-corrected chi connectivity index (χ2v) is 7.92. The molecular formula is C13H16BrNO4S. The van der Waals surface area contributed by atoms with Gasteiger partial charge in [-0.15, -0.1) is 0 Å². The van der Waals surface area contributed by atoms with E-state index in [9.17, 15) is 13.2 Å². The van der Waals surface area contributed by atoms with Gasteiger partial charge in [0, 0.05) is 17.6 Å². The Kier molecular flexibility index (Phi) is 4.70. The number of likely N-dealkylation sites (tertiary alicyclic amines) is 1. The summed E-state index contributed by atoms with van der Waals surface area (Å²) in [4.78, 5) is 12.5. The van der Waals surface area contributed by atoms with Crippen molar-refractivity contribution in [2.45, 2.75) is 17.7 Å². The molecule has 1 amide bonds. The highest BCUT2D eigenvalue weighted by atomic mass is 79.9. The monoisotopic (exact) mass is 361 g/mol. The van der Waals surface area contributed by atoms with Crippen molar-refractivity contribution in [3.63, 3.8) is 0 Å². The van der Waals surface area contributed by atoms with Crippen molar-refractivity contribution in [3.05, 3.63) is 28.7 Å². The van der Waals surface area contributed by atoms with E-state index in [4.69, 9.17) is 5.11 Å². The molecule has 0 bridgehead atoms. The predicted octanol–water partition coefficient (Wildman–Crippen LogP) is 2.61. The smallest absolute Gasteiger partial charge is 0.407 e. The minimum absolute atomic E-state index is 0.00158. The summed E-state index contributed by atoms with van der Waals surface area (Å²) in [6.07, 6.45) is 0.488. The molecule has 20 heavy (non-hydrogen) atoms. The molecule has 0 saturated carbocycles. The standard InChI is InChI=1S/C13H16BrNO4S/c14-11-3-5-12(6-4-11)20(18,19)9-10-2-1-7-15(8-10)13(16)17/h3-6,10H,1-2,7-9H2,(H,16,17). The van der Waals surface area contributed by atoms with Crippen LogP contribution in [0.5, 0.6) is 0 Å². The highest BCUT2D eigenvalue weighted by Crippen LogP contribution is 2.23. The van der Waals surface area contributed by atoms with Crippen molar-refractivity contribution in [3.8, 4) is 0 Å². The summed E-state index contributed by atoms with van der Waals surface area (Å²) < 4.78 is 25.4. The third-order valence-corrected chi connectivity index (χ3v) is 5.85. The van der Waals surface area contributed by atoms with Crippen molar-refractivity contribution in [2.24, 2.45) is 5.92 Å². The number of nitrogens with zero attached hydrogens (tertiary/aromatic N) is 1. The molecule has 0 radical (unpaired) electrons. The van der Waals surface area contributed by atoms with Gasteiger partial charge in [-0.2, -0.15) is 0 Å². The second kappa shape index (κ2) is 6.13. The molecule has 1 aromatic carbocycles. The summed E-state index contributed by atoms with van der Waals surface area (Å²) >= 11 is 3.27. The number of hydrogen-bond acceptors (Lipinski definition) is 3. The van der Waals surface area contributed by atoms with Gasteiger partial charge in [0.25, 0.3) is 0 Å². The molecule has 1 aliphatic heterocycles. The Labute approximate surface area is 126 Å². The van der Waals surface area contributed by atoms with Crippen LogP contribution in [0.3, 0.4) is 0 Å². The van der Waals surface area contributed by atoms with Crippen LogP contribution in [0.1, 0.15) is 12.8 Å². The van der Waals surface area contributed by atoms with Gasteiger partial charge >= 0.3 is 6.09 Å². The Balaban J connectivity index is 2.08. The average Bonchev–Trinajstić information content (AvgIpc) is 2.39. The van der Waals surface area contributed by atoms with Gasteiger partial charge in [0.2, 0.25) is 0 Å². The maximum atomic E-state index is 12.3. The molecule has 1 saturated heterocycles. The van der Waals surface area contributed by atoms with E-state index in [1.54, 1.807) is 24.3 Å². The molecule has 7 heteroatoms. The first-order valence-electron chi connectivity index (χ1n) is 6.35. The largest absolute Gasteiger partial charge is 0.465 e. The fourth-order valence-electron chi connectivity index (χ4n) is 2.42. The van der Waals surface area contributed by atoms with Crippen LogP contribution in [-0.2, 0) is 9.84 Å². The molecular weight excluding hydrogens is 346 g/mol. The highest BCUT2D eigenvalue weighted by Gasteiger charge is 2.28. The number of hydrogen-bond donors (Lipinski definition) is 1. The highest BCUT2D eigenvalue weighted by molar-refractivity contribution is 9.10. The molecule has 1 heterocycles. The van der Waals surface area contributed by atoms with Crippen LogP contribution in [0.15, 0.2) is 33.6 Å². The topological polar surface area (TPSA) is 74.7 Å². The van der Waals surface area contributed by atoms with Crippen LogP contribution < -0.4 is 0 Å². The Bertz CT molecular complexity index is 585. The lowest BCUT2D eigenvalue weighted by Crippen LogP contribution is -2.41. The normalized spacial score (nSPS) is 19.9. The Morgan fingerprint density at radius 1 is 1.35 bits per heavy atom. The van der Waals surface area contributed by atoms with Crippen LogP contribution >= 0.6 is 15.9 Å². The van der Waals surface area contributed by atoms with Crippen molar-refractivity contribution in [1.82, 2.24) is 4.90 Å². The first kappa shape index (κ1) is 15.3. The van der Waals surface area contributed by atoms with Crippen molar-refractivity contribution < 1.29 is 18.3 Å². The van der Waals surface area contributed by atoms with Crippen LogP contribution in [0.25, 0.3) is 0 Å². The molecule has 1 atom stereocenters. The maximum Gasteiger partial charge on any atom is 0.407 e. The summed E-state index contributed by atoms with van der Waals surface area (Å²) in [5.41, 5.74) is 0. The average molecular weight is 362 g/mol. The van der Waals surface area contributed by atoms with Gasteiger partial charge in [0.05, 0.1) is 10.6 Å². The van der Waals surface area contributed by atoms with E-state index in [0.29, 0.717) is 19.5 Å². The van der Waals surface area contributed by atoms with E-state index in [1.807, 2.05) is 0 Å². The SMILES string of the molecule is O=C(O)N1CCCC(CS(=O)(=O)c2ccc(Br)cc2)C1. The van der Waals surface area contributed by atoms with Gasteiger partial charge in [-0.1, -0.05) is 15.9 Å². The zero-order chi connectivity index (χ0) is 14.8. The third kappa shape index (κ3) is 3.73. The van der Waals surface area contributed by atoms with Gasteiger partial charge in [0.1, 0.15) is 0 Å². The fourth-order valence-corrected chi connectivity index (χ4v) is 4.32. The zero-order valence-electron chi connectivity index (χ0n) is 10.8. The number of benzene rings is 1. The molecule has 1 N–H and O–H groups in total. The van der Waals surface area contributed by atoms with Crippen LogP contribution in [0.4, 0.5) is 4.79 Å². The van der Waals surface area contributed by atoms with E-state index in [-0.39, 0.29) is 16.6 Å². The van der Waals surface area contributed by atoms with Gasteiger partial charge < -0.3 is 10.0 Å². The molecule has 0 aromatic heterocycles. The minimum atomic E-state index is -3.37. The van der Waals surface area contributed by atoms with E-state index in [1.165, 1.54) is 4.90 Å². The van der Waals surface area contributed by atoms with Crippen LogP contribution in [-0.4, -0.2) is 43.4 Å². The minimum Gasteiger partial charge on any atom is -0.465 e. The van der Waals surface area contributed by atoms with Crippen LogP contribution in [0.2, 0.25) is 0 Å². The summed E-state index contributed by atoms with van der Waals surface area (Å²) in [5, 5.41) is 8.97. The van der Waals surface area contributed by atoms with Crippen molar-refractivity contribution in [1.29, 1.82) is 0 Å². The van der Waals surface area contributed by atoms with E-state index in [2.05, 4.69) is 15.9 Å². The molecule has 0 spiro atoms. The summed E-state index contributed by atoms with van der Waals surface area (Å²) in [5.74, 6) is -0.133. The molecule has 1 aliphatic rings. The molecule has 1 unspecified atom stereocenters. The van der Waals surface area contributed by atoms with Crippen molar-refractivity contribution >= 4 is 31.9 Å². The Morgan fingerprint density at radius 2 is 2.00 bits per heavy atom. The first-order chi connectivity index (χ1) is 9.38. The number of rotatable bonds is 3. The maximum absolute atomic E-state index is 12.3. The molecule has 110 valence electrons. The van der Waals surface area contributed by atoms with Gasteiger partial charge in [-0.25, -0.2) is 13.2 Å². The summed E-state index contributed by atoms with van der Waals surface area (Å²) in [6.45, 7) is 0.787. The number of piperidine rings is 1. The number of amides is 1. The lowest BCUT2D eigenvalue weighted by molar-refractivity contribution is 0.123. The van der Waals surface area contributed by atoms with Gasteiger partial charge in [-0.3, -0.25) is 0 Å². The lowest BCUT2D eigenvalue weighted by Gasteiger charge is -2.30. The summed E-state index contributed by atoms with van der Waals surface area (Å²) in [6, 6.07) is 6.52. The molecule has 2 rings (SSSR count). The van der Waals surface area contributed by atoms with E-state index < -0.39 is 15.9 Å². The Hall–Kier alpha value is -1.08. The van der Waals surface area contributed by atoms with E-state index >= 15 is 0 Å². The lowest BCUT2D eigenvalue weighted by atomic mass is 10.0. The molecule has 1 fully saturated rings. The second-order valence-electron chi connectivity index (χ2n) is 4.97. The molecule has 5 nitrogen and oxygen atoms in total. The number of sulfone groups is 1. The summed E-state index contributed by atoms with van der Waals surface area (Å²) in [7, 11) is -3.37. The fraction of sp³-hybridized carbons (Fsp3) is 0.462. The Morgan fingerprint density at radius 3 is 2.60 bits per heavy atom. The predicted molar refractivity (Wildman–Crippen MR) is 78.5 cm³/mol. The number of carbonyl (C=O) groups is 1. The quantitative estimate of drug-likeness (QED) is 0.897. The van der Waals surface area contributed by atoms with Crippen LogP contribution in [0, 0.1) is 5.92 Å². The van der Waals surface area contributed by atoms with Gasteiger partial charge in [-0.05, 0) is 43.0 Å². The molecule has 1 aromatic rings.